The Morgan fingerprint density at radius 3 is 0.571 bits per heavy atom. The van der Waals surface area contributed by atoms with Crippen molar-refractivity contribution in [3.63, 3.8) is 0 Å². The van der Waals surface area contributed by atoms with Crippen molar-refractivity contribution in [1.29, 1.82) is 0 Å². The lowest BCUT2D eigenvalue weighted by atomic mass is 10.5. The molecule has 0 bridgehead atoms. The van der Waals surface area contributed by atoms with E-state index in [4.69, 9.17) is 53.9 Å². The van der Waals surface area contributed by atoms with Crippen LogP contribution in [0.5, 0.6) is 0 Å². The highest BCUT2D eigenvalue weighted by Gasteiger charge is 2.62. The summed E-state index contributed by atoms with van der Waals surface area (Å²) in [7, 11) is -21.5. The van der Waals surface area contributed by atoms with Gasteiger partial charge in [0, 0.05) is 0 Å². The quantitative estimate of drug-likeness (QED) is 0.0463. The van der Waals surface area contributed by atoms with Gasteiger partial charge in [0.15, 0.2) is 23.4 Å². The van der Waals surface area contributed by atoms with Crippen molar-refractivity contribution in [2.75, 3.05) is 52.9 Å². The third-order valence-corrected chi connectivity index (χ3v) is 19.1. The fourth-order valence-electron chi connectivity index (χ4n) is 4.57. The molecule has 0 N–H and O–H groups in total. The number of hydrogen-bond donors (Lipinski definition) is 0. The van der Waals surface area contributed by atoms with Crippen LogP contribution in [0.1, 0.15) is 109 Å². The minimum atomic E-state index is -5.13. The van der Waals surface area contributed by atoms with Gasteiger partial charge in [-0.05, 0) is 81.1 Å². The summed E-state index contributed by atoms with van der Waals surface area (Å²) in [6.07, 6.45) is 0.0723. The summed E-state index contributed by atoms with van der Waals surface area (Å²) in [5, 5.41) is 0. The Morgan fingerprint density at radius 1 is 0.327 bits per heavy atom. The van der Waals surface area contributed by atoms with Gasteiger partial charge in [0.2, 0.25) is 0 Å². The molecular formula is C28H64O16P4Si. The highest BCUT2D eigenvalue weighted by molar-refractivity contribution is 7.55. The van der Waals surface area contributed by atoms with Crippen LogP contribution in [0.3, 0.4) is 0 Å². The van der Waals surface area contributed by atoms with E-state index in [9.17, 15) is 18.3 Å². The van der Waals surface area contributed by atoms with Crippen LogP contribution in [0.2, 0.25) is 0 Å². The van der Waals surface area contributed by atoms with E-state index < -0.39 is 62.8 Å². The van der Waals surface area contributed by atoms with Crippen molar-refractivity contribution >= 4 is 39.4 Å². The second kappa shape index (κ2) is 24.9. The van der Waals surface area contributed by atoms with E-state index in [2.05, 4.69) is 0 Å². The molecule has 4 unspecified atom stereocenters. The molecule has 0 saturated heterocycles. The fourth-order valence-corrected chi connectivity index (χ4v) is 16.8. The van der Waals surface area contributed by atoms with Crippen LogP contribution in [0, 0.1) is 0 Å². The van der Waals surface area contributed by atoms with Crippen molar-refractivity contribution in [1.82, 2.24) is 0 Å². The molecule has 0 aromatic heterocycles. The van der Waals surface area contributed by atoms with E-state index in [0.29, 0.717) is 0 Å². The Labute approximate surface area is 296 Å². The van der Waals surface area contributed by atoms with Gasteiger partial charge in [-0.15, -0.1) is 0 Å². The maximum Gasteiger partial charge on any atom is 0.682 e. The molecule has 16 nitrogen and oxygen atoms in total. The summed E-state index contributed by atoms with van der Waals surface area (Å²) in [5.74, 6) is -5.60. The van der Waals surface area contributed by atoms with Gasteiger partial charge < -0.3 is 53.9 Å². The molecule has 0 aliphatic heterocycles. The first-order chi connectivity index (χ1) is 23.1. The molecule has 0 aliphatic rings. The number of hydrogen-bond acceptors (Lipinski definition) is 16. The minimum absolute atomic E-state index is 0.00132. The van der Waals surface area contributed by atoms with Gasteiger partial charge in [-0.25, -0.2) is 0 Å². The summed E-state index contributed by atoms with van der Waals surface area (Å²) >= 11 is 0. The highest BCUT2D eigenvalue weighted by atomic mass is 31.2. The maximum atomic E-state index is 14.3. The molecule has 49 heavy (non-hydrogen) atoms. The zero-order chi connectivity index (χ0) is 37.8. The summed E-state index contributed by atoms with van der Waals surface area (Å²) < 4.78 is 129. The van der Waals surface area contributed by atoms with Crippen molar-refractivity contribution in [2.24, 2.45) is 0 Å². The third-order valence-electron chi connectivity index (χ3n) is 6.40. The van der Waals surface area contributed by atoms with Gasteiger partial charge in [-0.3, -0.25) is 18.3 Å². The smallest absolute Gasteiger partial charge is 0.336 e. The molecule has 21 heteroatoms. The first-order valence-corrected chi connectivity index (χ1v) is 25.5. The Balaban J connectivity index is 8.10. The zero-order valence-electron chi connectivity index (χ0n) is 31.6. The van der Waals surface area contributed by atoms with Gasteiger partial charge >= 0.3 is 39.4 Å². The van der Waals surface area contributed by atoms with Gasteiger partial charge in [-0.2, -0.15) is 0 Å². The zero-order valence-corrected chi connectivity index (χ0v) is 36.2. The van der Waals surface area contributed by atoms with Gasteiger partial charge in [0.25, 0.3) is 0 Å². The molecule has 0 heterocycles. The molecule has 0 aromatic carbocycles. The molecule has 0 saturated carbocycles. The van der Waals surface area contributed by atoms with Crippen LogP contribution in [-0.4, -0.2) is 85.3 Å². The molecule has 0 rings (SSSR count). The molecular weight excluding hydrogens is 744 g/mol. The second-order valence-electron chi connectivity index (χ2n) is 9.92. The average Bonchev–Trinajstić information content (AvgIpc) is 3.04. The van der Waals surface area contributed by atoms with Crippen LogP contribution in [0.15, 0.2) is 0 Å². The minimum Gasteiger partial charge on any atom is -0.336 e. The lowest BCUT2D eigenvalue weighted by Crippen LogP contribution is -2.57. The van der Waals surface area contributed by atoms with Gasteiger partial charge in [0.05, 0.1) is 52.9 Å². The Hall–Kier alpha value is 0.657. The standard InChI is InChI=1S/C28H64O16P4Si/c1-13-25(45(29,33-17-5)34-18-6)41-49(42-26(14-2)46(30,35-19-7)36-20-8,43-27(15-3)47(31,37-21-9)38-22-10)44-28(16-4)48(32,39-23-11)40-24-12/h25-28H,13-24H2,1-12H3. The van der Waals surface area contributed by atoms with Crippen LogP contribution in [0.4, 0.5) is 0 Å². The topological polar surface area (TPSA) is 179 Å². The van der Waals surface area contributed by atoms with Gasteiger partial charge in [-0.1, -0.05) is 27.7 Å². The van der Waals surface area contributed by atoms with Gasteiger partial charge in [0.1, 0.15) is 0 Å². The van der Waals surface area contributed by atoms with E-state index in [-0.39, 0.29) is 78.5 Å². The van der Waals surface area contributed by atoms with E-state index in [0.717, 1.165) is 0 Å². The van der Waals surface area contributed by atoms with E-state index >= 15 is 0 Å². The third kappa shape index (κ3) is 14.8. The Bertz CT molecular complexity index is 880. The first-order valence-electron chi connectivity index (χ1n) is 17.4. The van der Waals surface area contributed by atoms with E-state index in [1.165, 1.54) is 0 Å². The molecule has 0 radical (unpaired) electrons. The predicted molar refractivity (Wildman–Crippen MR) is 190 cm³/mol. The predicted octanol–water partition coefficient (Wildman–Crippen LogP) is 9.50. The molecule has 0 fully saturated rings. The number of rotatable bonds is 32. The van der Waals surface area contributed by atoms with E-state index in [1.807, 2.05) is 0 Å². The Morgan fingerprint density at radius 2 is 0.469 bits per heavy atom. The summed E-state index contributed by atoms with van der Waals surface area (Å²) in [5.41, 5.74) is 0. The van der Waals surface area contributed by atoms with Crippen LogP contribution < -0.4 is 0 Å². The van der Waals surface area contributed by atoms with Crippen molar-refractivity contribution in [2.45, 2.75) is 132 Å². The second-order valence-corrected chi connectivity index (χ2v) is 20.6. The SMILES string of the molecule is CCOP(=O)(OCC)C(CC)O[Si](OC(CC)P(=O)(OCC)OCC)(OC(CC)P(=O)(OCC)OCC)OC(CC)P(=O)(OCC)OCC. The lowest BCUT2D eigenvalue weighted by Gasteiger charge is -2.41. The molecule has 0 amide bonds. The molecule has 0 aliphatic carbocycles. The molecule has 4 atom stereocenters. The summed E-state index contributed by atoms with van der Waals surface area (Å²) in [4.78, 5) is 0. The lowest BCUT2D eigenvalue weighted by molar-refractivity contribution is -0.0790. The molecule has 296 valence electrons. The fraction of sp³-hybridized carbons (Fsp3) is 1.00. The van der Waals surface area contributed by atoms with E-state index in [1.54, 1.807) is 83.1 Å². The monoisotopic (exact) mass is 808 g/mol. The average molecular weight is 809 g/mol. The largest absolute Gasteiger partial charge is 0.682 e. The molecule has 0 spiro atoms. The Kier molecular flexibility index (Phi) is 25.2. The van der Waals surface area contributed by atoms with Crippen LogP contribution >= 0.6 is 30.4 Å². The van der Waals surface area contributed by atoms with Crippen LogP contribution in [-0.2, 0) is 72.2 Å². The first kappa shape index (κ1) is 49.7. The normalized spacial score (nSPS) is 17.1. The summed E-state index contributed by atoms with van der Waals surface area (Å²) in [6, 6.07) is 0. The molecule has 0 aromatic rings. The highest BCUT2D eigenvalue weighted by Crippen LogP contribution is 2.62. The maximum absolute atomic E-state index is 14.3. The van der Waals surface area contributed by atoms with Crippen LogP contribution in [0.25, 0.3) is 0 Å². The summed E-state index contributed by atoms with van der Waals surface area (Å²) in [6.45, 7) is 19.8. The van der Waals surface area contributed by atoms with Crippen molar-refractivity contribution < 1.29 is 72.2 Å². The van der Waals surface area contributed by atoms with Crippen molar-refractivity contribution in [3.8, 4) is 0 Å². The van der Waals surface area contributed by atoms with Crippen molar-refractivity contribution in [3.05, 3.63) is 0 Å².